The minimum absolute atomic E-state index is 0.477. The second-order valence-electron chi connectivity index (χ2n) is 13.0. The predicted octanol–water partition coefficient (Wildman–Crippen LogP) is 11.6. The molecule has 0 saturated carbocycles. The molecule has 8 aromatic rings. The molecule has 0 radical (unpaired) electrons. The van der Waals surface area contributed by atoms with Gasteiger partial charge in [-0.15, -0.1) is 11.3 Å². The second-order valence-corrected chi connectivity index (χ2v) is 14.0. The van der Waals surface area contributed by atoms with Crippen molar-refractivity contribution >= 4 is 65.5 Å². The molecule has 0 aliphatic heterocycles. The number of rotatable bonds is 3. The number of nitrogens with zero attached hydrogens (tertiary/aromatic N) is 3. The van der Waals surface area contributed by atoms with E-state index in [0.29, 0.717) is 11.5 Å². The Balaban J connectivity index is 1.30. The van der Waals surface area contributed by atoms with Gasteiger partial charge in [-0.05, 0) is 84.9 Å². The fourth-order valence-electron chi connectivity index (χ4n) is 8.20. The lowest BCUT2D eigenvalue weighted by molar-refractivity contribution is 0.755. The van der Waals surface area contributed by atoms with E-state index in [1.54, 1.807) is 0 Å². The SMILES string of the molecule is CC1CC=Cc2c1c1c(n2-c2ccc(C#N)cc2-c2cccc3c2sc2c3c#cc3c4ccccc4n(-c4ccccc4)c32)C=CCC1. The van der Waals surface area contributed by atoms with Gasteiger partial charge in [0.05, 0.1) is 43.8 Å². The van der Waals surface area contributed by atoms with E-state index in [-0.39, 0.29) is 0 Å². The zero-order chi connectivity index (χ0) is 31.9. The Kier molecular flexibility index (Phi) is 5.89. The van der Waals surface area contributed by atoms with Gasteiger partial charge in [-0.2, -0.15) is 5.26 Å². The van der Waals surface area contributed by atoms with Crippen molar-refractivity contribution in [2.45, 2.75) is 32.1 Å². The van der Waals surface area contributed by atoms with Crippen LogP contribution in [0.4, 0.5) is 0 Å². The molecule has 3 heterocycles. The highest BCUT2D eigenvalue weighted by molar-refractivity contribution is 7.27. The van der Waals surface area contributed by atoms with Crippen LogP contribution < -0.4 is 0 Å². The van der Waals surface area contributed by atoms with Crippen molar-refractivity contribution in [1.82, 2.24) is 9.13 Å². The maximum absolute atomic E-state index is 10.1. The first kappa shape index (κ1) is 27.3. The van der Waals surface area contributed by atoms with E-state index in [0.717, 1.165) is 69.0 Å². The van der Waals surface area contributed by atoms with E-state index in [4.69, 9.17) is 0 Å². The number of fused-ring (bicyclic) bond motifs is 10. The van der Waals surface area contributed by atoms with Gasteiger partial charge in [0.25, 0.3) is 0 Å². The molecule has 0 spiro atoms. The van der Waals surface area contributed by atoms with Crippen LogP contribution in [0.1, 0.15) is 53.8 Å². The predicted molar refractivity (Wildman–Crippen MR) is 200 cm³/mol. The van der Waals surface area contributed by atoms with Crippen LogP contribution in [0.2, 0.25) is 0 Å². The van der Waals surface area contributed by atoms with Crippen molar-refractivity contribution < 1.29 is 0 Å². The average molecular weight is 632 g/mol. The maximum atomic E-state index is 10.1. The average Bonchev–Trinajstić information content (AvgIpc) is 3.80. The molecule has 226 valence electrons. The topological polar surface area (TPSA) is 33.6 Å². The number of aromatic nitrogens is 2. The summed E-state index contributed by atoms with van der Waals surface area (Å²) in [7, 11) is 0. The quantitative estimate of drug-likeness (QED) is 0.191. The molecule has 10 rings (SSSR count). The lowest BCUT2D eigenvalue weighted by atomic mass is 9.87. The summed E-state index contributed by atoms with van der Waals surface area (Å²) in [5, 5.41) is 14.6. The normalized spacial score (nSPS) is 15.2. The molecule has 2 aliphatic rings. The summed E-state index contributed by atoms with van der Waals surface area (Å²) in [6.45, 7) is 2.35. The van der Waals surface area contributed by atoms with Gasteiger partial charge in [0, 0.05) is 43.7 Å². The van der Waals surface area contributed by atoms with Crippen molar-refractivity contribution in [2.24, 2.45) is 0 Å². The summed E-state index contributed by atoms with van der Waals surface area (Å²) in [5.41, 5.74) is 12.9. The van der Waals surface area contributed by atoms with Crippen LogP contribution in [0.5, 0.6) is 0 Å². The van der Waals surface area contributed by atoms with E-state index >= 15 is 0 Å². The Morgan fingerprint density at radius 3 is 2.48 bits per heavy atom. The summed E-state index contributed by atoms with van der Waals surface area (Å²) < 4.78 is 7.23. The van der Waals surface area contributed by atoms with Crippen molar-refractivity contribution in [2.75, 3.05) is 0 Å². The van der Waals surface area contributed by atoms with E-state index in [2.05, 4.69) is 143 Å². The monoisotopic (exact) mass is 631 g/mol. The molecule has 3 nitrogen and oxygen atoms in total. The first-order valence-electron chi connectivity index (χ1n) is 16.6. The van der Waals surface area contributed by atoms with Gasteiger partial charge in [0.15, 0.2) is 0 Å². The highest BCUT2D eigenvalue weighted by Crippen LogP contribution is 2.47. The summed E-state index contributed by atoms with van der Waals surface area (Å²) in [6, 6.07) is 41.6. The highest BCUT2D eigenvalue weighted by Gasteiger charge is 2.29. The van der Waals surface area contributed by atoms with Crippen LogP contribution in [0.25, 0.3) is 76.6 Å². The summed E-state index contributed by atoms with van der Waals surface area (Å²) in [6.07, 6.45) is 12.4. The van der Waals surface area contributed by atoms with Crippen LogP contribution in [0.15, 0.2) is 103 Å². The molecule has 3 aromatic heterocycles. The van der Waals surface area contributed by atoms with Crippen LogP contribution in [-0.4, -0.2) is 9.13 Å². The fraction of sp³-hybridized carbons (Fsp3) is 0.114. The smallest absolute Gasteiger partial charge is 0.0991 e. The highest BCUT2D eigenvalue weighted by atomic mass is 32.1. The molecular weight excluding hydrogens is 603 g/mol. The third kappa shape index (κ3) is 3.76. The van der Waals surface area contributed by atoms with Crippen molar-refractivity contribution in [3.05, 3.63) is 143 Å². The zero-order valence-corrected chi connectivity index (χ0v) is 27.2. The largest absolute Gasteiger partial charge is 0.309 e. The summed E-state index contributed by atoms with van der Waals surface area (Å²) >= 11 is 1.82. The lowest BCUT2D eigenvalue weighted by Gasteiger charge is -2.19. The van der Waals surface area contributed by atoms with Crippen LogP contribution in [0.3, 0.4) is 0 Å². The zero-order valence-electron chi connectivity index (χ0n) is 26.4. The number of hydrogen-bond acceptors (Lipinski definition) is 2. The van der Waals surface area contributed by atoms with Gasteiger partial charge >= 0.3 is 0 Å². The minimum Gasteiger partial charge on any atom is -0.309 e. The van der Waals surface area contributed by atoms with Gasteiger partial charge in [-0.1, -0.05) is 85.8 Å². The standard InChI is InChI=1S/C44H29N3S/c1-27-11-9-20-40-41(27)35-15-6-8-19-38(35)47(40)39-24-21-28(26-45)25-36(39)33-17-10-16-32-34-23-22-31-30-14-5-7-18-37(30)46(29-12-3-2-4-13-29)42(31)44(34)48-43(32)33/h2-5,7-10,12-14,16-21,24-25,27H,6,11,15H2,1H3. The van der Waals surface area contributed by atoms with E-state index < -0.39 is 0 Å². The number of allylic oxidation sites excluding steroid dienone is 2. The summed E-state index contributed by atoms with van der Waals surface area (Å²) in [5.74, 6) is 0.477. The number of para-hydroxylation sites is 2. The molecule has 48 heavy (non-hydrogen) atoms. The number of benzene rings is 4. The molecular formula is C44H29N3S. The number of thiophene rings is 1. The van der Waals surface area contributed by atoms with Gasteiger partial charge < -0.3 is 9.13 Å². The minimum atomic E-state index is 0.477. The molecule has 5 aromatic carbocycles. The Labute approximate surface area is 282 Å². The van der Waals surface area contributed by atoms with Gasteiger partial charge in [-0.3, -0.25) is 0 Å². The first-order chi connectivity index (χ1) is 23.7. The molecule has 1 unspecified atom stereocenters. The van der Waals surface area contributed by atoms with Gasteiger partial charge in [0.1, 0.15) is 0 Å². The van der Waals surface area contributed by atoms with Crippen molar-refractivity contribution in [3.8, 4) is 28.6 Å². The Morgan fingerprint density at radius 1 is 0.771 bits per heavy atom. The molecule has 0 N–H and O–H groups in total. The number of nitriles is 1. The van der Waals surface area contributed by atoms with E-state index in [9.17, 15) is 5.26 Å². The van der Waals surface area contributed by atoms with Crippen LogP contribution in [0, 0.1) is 23.5 Å². The van der Waals surface area contributed by atoms with E-state index in [1.165, 1.54) is 37.3 Å². The summed E-state index contributed by atoms with van der Waals surface area (Å²) in [4.78, 5) is 0. The molecule has 0 bridgehead atoms. The van der Waals surface area contributed by atoms with Crippen LogP contribution in [-0.2, 0) is 6.42 Å². The molecule has 2 aliphatic carbocycles. The fourth-order valence-corrected chi connectivity index (χ4v) is 9.53. The Hall–Kier alpha value is -5.81. The molecule has 0 fully saturated rings. The maximum Gasteiger partial charge on any atom is 0.0991 e. The van der Waals surface area contributed by atoms with Gasteiger partial charge in [0.2, 0.25) is 0 Å². The molecule has 1 atom stereocenters. The van der Waals surface area contributed by atoms with Crippen molar-refractivity contribution in [3.63, 3.8) is 0 Å². The third-order valence-electron chi connectivity index (χ3n) is 10.3. The molecule has 4 heteroatoms. The van der Waals surface area contributed by atoms with Gasteiger partial charge in [-0.25, -0.2) is 0 Å². The Morgan fingerprint density at radius 2 is 1.58 bits per heavy atom. The van der Waals surface area contributed by atoms with E-state index in [1.807, 2.05) is 17.4 Å². The lowest BCUT2D eigenvalue weighted by Crippen LogP contribution is -2.05. The first-order valence-corrected chi connectivity index (χ1v) is 17.4. The number of hydrogen-bond donors (Lipinski definition) is 0. The second kappa shape index (κ2) is 10.3. The molecule has 0 saturated heterocycles. The van der Waals surface area contributed by atoms with Crippen molar-refractivity contribution in [1.29, 1.82) is 5.26 Å². The molecule has 0 amide bonds. The Bertz CT molecular complexity index is 2720. The third-order valence-corrected chi connectivity index (χ3v) is 11.5. The van der Waals surface area contributed by atoms with Crippen LogP contribution >= 0.6 is 11.3 Å².